The van der Waals surface area contributed by atoms with E-state index in [1.54, 1.807) is 6.20 Å². The number of rotatable bonds is 5. The second-order valence-electron chi connectivity index (χ2n) is 4.52. The van der Waals surface area contributed by atoms with Crippen molar-refractivity contribution in [2.45, 2.75) is 26.7 Å². The standard InChI is InChI=1S/C16H20N2O/c1-3-7-19-15-9-14(10-18-11-15)13-5-6-16(17)12(4-2)8-13/h5-6,8-11H,3-4,7,17H2,1-2H3. The Balaban J connectivity index is 2.30. The highest BCUT2D eigenvalue weighted by molar-refractivity contribution is 5.68. The summed E-state index contributed by atoms with van der Waals surface area (Å²) >= 11 is 0. The van der Waals surface area contributed by atoms with Gasteiger partial charge in [-0.2, -0.15) is 0 Å². The first-order chi connectivity index (χ1) is 9.24. The molecule has 2 aromatic rings. The second kappa shape index (κ2) is 6.23. The van der Waals surface area contributed by atoms with E-state index in [0.29, 0.717) is 6.61 Å². The molecule has 2 N–H and O–H groups in total. The highest BCUT2D eigenvalue weighted by Crippen LogP contribution is 2.26. The van der Waals surface area contributed by atoms with E-state index in [-0.39, 0.29) is 0 Å². The molecule has 0 radical (unpaired) electrons. The summed E-state index contributed by atoms with van der Waals surface area (Å²) in [5, 5.41) is 0. The molecule has 0 aliphatic rings. The third-order valence-corrected chi connectivity index (χ3v) is 3.04. The Hall–Kier alpha value is -2.03. The monoisotopic (exact) mass is 256 g/mol. The molecule has 0 atom stereocenters. The normalized spacial score (nSPS) is 10.4. The maximum absolute atomic E-state index is 5.93. The van der Waals surface area contributed by atoms with E-state index in [2.05, 4.69) is 24.9 Å². The van der Waals surface area contributed by atoms with Crippen LogP contribution in [-0.4, -0.2) is 11.6 Å². The van der Waals surface area contributed by atoms with Gasteiger partial charge in [0.15, 0.2) is 0 Å². The minimum Gasteiger partial charge on any atom is -0.492 e. The van der Waals surface area contributed by atoms with Crippen molar-refractivity contribution in [1.82, 2.24) is 4.98 Å². The van der Waals surface area contributed by atoms with Gasteiger partial charge in [0.25, 0.3) is 0 Å². The molecule has 19 heavy (non-hydrogen) atoms. The maximum Gasteiger partial charge on any atom is 0.138 e. The average molecular weight is 256 g/mol. The van der Waals surface area contributed by atoms with E-state index >= 15 is 0 Å². The van der Waals surface area contributed by atoms with Crippen molar-refractivity contribution in [3.05, 3.63) is 42.2 Å². The minimum absolute atomic E-state index is 0.715. The first kappa shape index (κ1) is 13.4. The molecular formula is C16H20N2O. The highest BCUT2D eigenvalue weighted by Gasteiger charge is 2.04. The van der Waals surface area contributed by atoms with Crippen molar-refractivity contribution in [1.29, 1.82) is 0 Å². The van der Waals surface area contributed by atoms with Crippen LogP contribution in [0.3, 0.4) is 0 Å². The molecular weight excluding hydrogens is 236 g/mol. The van der Waals surface area contributed by atoms with Crippen molar-refractivity contribution < 1.29 is 4.74 Å². The van der Waals surface area contributed by atoms with Crippen LogP contribution in [0.15, 0.2) is 36.7 Å². The SMILES string of the molecule is CCCOc1cncc(-c2ccc(N)c(CC)c2)c1. The number of ether oxygens (including phenoxy) is 1. The second-order valence-corrected chi connectivity index (χ2v) is 4.52. The third-order valence-electron chi connectivity index (χ3n) is 3.04. The first-order valence-electron chi connectivity index (χ1n) is 6.71. The van der Waals surface area contributed by atoms with E-state index in [0.717, 1.165) is 41.0 Å². The number of anilines is 1. The molecule has 0 aliphatic carbocycles. The topological polar surface area (TPSA) is 48.1 Å². The molecule has 3 nitrogen and oxygen atoms in total. The Morgan fingerprint density at radius 1 is 1.11 bits per heavy atom. The van der Waals surface area contributed by atoms with Crippen molar-refractivity contribution in [3.8, 4) is 16.9 Å². The molecule has 100 valence electrons. The van der Waals surface area contributed by atoms with Crippen LogP contribution in [0.25, 0.3) is 11.1 Å². The zero-order chi connectivity index (χ0) is 13.7. The van der Waals surface area contributed by atoms with E-state index < -0.39 is 0 Å². The van der Waals surface area contributed by atoms with Crippen LogP contribution < -0.4 is 10.5 Å². The van der Waals surface area contributed by atoms with Crippen LogP contribution >= 0.6 is 0 Å². The van der Waals surface area contributed by atoms with Crippen molar-refractivity contribution >= 4 is 5.69 Å². The quantitative estimate of drug-likeness (QED) is 0.830. The average Bonchev–Trinajstić information content (AvgIpc) is 2.46. The number of nitrogens with zero attached hydrogens (tertiary/aromatic N) is 1. The van der Waals surface area contributed by atoms with Gasteiger partial charge in [0.2, 0.25) is 0 Å². The van der Waals surface area contributed by atoms with E-state index in [1.807, 2.05) is 24.4 Å². The molecule has 0 fully saturated rings. The van der Waals surface area contributed by atoms with Gasteiger partial charge in [0.05, 0.1) is 12.8 Å². The molecule has 0 spiro atoms. The number of hydrogen-bond donors (Lipinski definition) is 1. The molecule has 1 aromatic carbocycles. The van der Waals surface area contributed by atoms with Crippen LogP contribution in [0.1, 0.15) is 25.8 Å². The molecule has 0 unspecified atom stereocenters. The number of aryl methyl sites for hydroxylation is 1. The third kappa shape index (κ3) is 3.25. The summed E-state index contributed by atoms with van der Waals surface area (Å²) in [4.78, 5) is 4.24. The smallest absolute Gasteiger partial charge is 0.138 e. The number of aromatic nitrogens is 1. The number of nitrogens with two attached hydrogens (primary N) is 1. The molecule has 0 bridgehead atoms. The number of hydrogen-bond acceptors (Lipinski definition) is 3. The minimum atomic E-state index is 0.715. The Bertz CT molecular complexity index is 552. The van der Waals surface area contributed by atoms with Crippen LogP contribution in [0.4, 0.5) is 5.69 Å². The Morgan fingerprint density at radius 2 is 1.95 bits per heavy atom. The molecule has 0 aliphatic heterocycles. The van der Waals surface area contributed by atoms with Gasteiger partial charge in [0.1, 0.15) is 5.75 Å². The predicted molar refractivity (Wildman–Crippen MR) is 79.2 cm³/mol. The van der Waals surface area contributed by atoms with Gasteiger partial charge < -0.3 is 10.5 Å². The predicted octanol–water partition coefficient (Wildman–Crippen LogP) is 3.68. The summed E-state index contributed by atoms with van der Waals surface area (Å²) < 4.78 is 5.61. The van der Waals surface area contributed by atoms with Crippen LogP contribution in [-0.2, 0) is 6.42 Å². The Labute approximate surface area is 114 Å². The number of pyridine rings is 1. The lowest BCUT2D eigenvalue weighted by atomic mass is 10.0. The Kier molecular flexibility index (Phi) is 4.39. The first-order valence-corrected chi connectivity index (χ1v) is 6.71. The maximum atomic E-state index is 5.93. The van der Waals surface area contributed by atoms with Gasteiger partial charge in [-0.15, -0.1) is 0 Å². The largest absolute Gasteiger partial charge is 0.492 e. The van der Waals surface area contributed by atoms with Gasteiger partial charge in [-0.1, -0.05) is 19.9 Å². The van der Waals surface area contributed by atoms with Gasteiger partial charge in [0, 0.05) is 17.4 Å². The van der Waals surface area contributed by atoms with Gasteiger partial charge in [-0.25, -0.2) is 0 Å². The van der Waals surface area contributed by atoms with E-state index in [1.165, 1.54) is 0 Å². The fourth-order valence-corrected chi connectivity index (χ4v) is 1.97. The highest BCUT2D eigenvalue weighted by atomic mass is 16.5. The molecule has 1 aromatic heterocycles. The molecule has 0 saturated carbocycles. The molecule has 0 saturated heterocycles. The lowest BCUT2D eigenvalue weighted by molar-refractivity contribution is 0.316. The fraction of sp³-hybridized carbons (Fsp3) is 0.312. The summed E-state index contributed by atoms with van der Waals surface area (Å²) in [5.74, 6) is 0.814. The molecule has 0 amide bonds. The lowest BCUT2D eigenvalue weighted by Crippen LogP contribution is -1.96. The van der Waals surface area contributed by atoms with Crippen LogP contribution in [0.2, 0.25) is 0 Å². The number of benzene rings is 1. The zero-order valence-electron chi connectivity index (χ0n) is 11.5. The fourth-order valence-electron chi connectivity index (χ4n) is 1.97. The number of nitrogen functional groups attached to an aromatic ring is 1. The summed E-state index contributed by atoms with van der Waals surface area (Å²) in [6.45, 7) is 4.91. The Morgan fingerprint density at radius 3 is 2.68 bits per heavy atom. The van der Waals surface area contributed by atoms with Gasteiger partial charge >= 0.3 is 0 Å². The van der Waals surface area contributed by atoms with Crippen molar-refractivity contribution in [2.24, 2.45) is 0 Å². The van der Waals surface area contributed by atoms with Crippen LogP contribution in [0, 0.1) is 0 Å². The molecule has 3 heteroatoms. The lowest BCUT2D eigenvalue weighted by Gasteiger charge is -2.09. The van der Waals surface area contributed by atoms with Crippen molar-refractivity contribution in [2.75, 3.05) is 12.3 Å². The van der Waals surface area contributed by atoms with E-state index in [9.17, 15) is 0 Å². The molecule has 2 rings (SSSR count). The van der Waals surface area contributed by atoms with Gasteiger partial charge in [-0.05, 0) is 42.2 Å². The zero-order valence-corrected chi connectivity index (χ0v) is 11.5. The molecule has 1 heterocycles. The van der Waals surface area contributed by atoms with Crippen LogP contribution in [0.5, 0.6) is 5.75 Å². The summed E-state index contributed by atoms with van der Waals surface area (Å²) in [7, 11) is 0. The van der Waals surface area contributed by atoms with Gasteiger partial charge in [-0.3, -0.25) is 4.98 Å². The van der Waals surface area contributed by atoms with Crippen molar-refractivity contribution in [3.63, 3.8) is 0 Å². The summed E-state index contributed by atoms with van der Waals surface area (Å²) in [6.07, 6.45) is 5.52. The summed E-state index contributed by atoms with van der Waals surface area (Å²) in [6, 6.07) is 8.12. The van der Waals surface area contributed by atoms with E-state index in [4.69, 9.17) is 10.5 Å². The summed E-state index contributed by atoms with van der Waals surface area (Å²) in [5.41, 5.74) is 10.1.